The average Bonchev–Trinajstić information content (AvgIpc) is 2.98. The zero-order valence-electron chi connectivity index (χ0n) is 16.7. The first-order valence-corrected chi connectivity index (χ1v) is 9.54. The van der Waals surface area contributed by atoms with Gasteiger partial charge in [0.1, 0.15) is 5.69 Å². The standard InChI is InChI=1S/C21H29N3O3/c1-15-5-6-19-17(13-15)14-20(22(19)3)21(26)24(11-12-27-4)18-7-9-23(10-8-18)16(2)25/h5-6,13-14,18H,7-12H2,1-4H3. The number of methoxy groups -OCH3 is 1. The molecule has 3 rings (SSSR count). The minimum Gasteiger partial charge on any atom is -0.383 e. The lowest BCUT2D eigenvalue weighted by molar-refractivity contribution is -0.130. The van der Waals surface area contributed by atoms with E-state index >= 15 is 0 Å². The van der Waals surface area contributed by atoms with Crippen molar-refractivity contribution in [1.29, 1.82) is 0 Å². The van der Waals surface area contributed by atoms with Crippen LogP contribution >= 0.6 is 0 Å². The molecule has 0 spiro atoms. The number of aromatic nitrogens is 1. The Bertz CT molecular complexity index is 835. The van der Waals surface area contributed by atoms with Crippen molar-refractivity contribution in [3.05, 3.63) is 35.5 Å². The lowest BCUT2D eigenvalue weighted by Crippen LogP contribution is -2.49. The number of piperidine rings is 1. The third-order valence-corrected chi connectivity index (χ3v) is 5.56. The van der Waals surface area contributed by atoms with Gasteiger partial charge in [0.25, 0.3) is 5.91 Å². The van der Waals surface area contributed by atoms with Crippen molar-refractivity contribution in [3.63, 3.8) is 0 Å². The van der Waals surface area contributed by atoms with E-state index in [9.17, 15) is 9.59 Å². The monoisotopic (exact) mass is 371 g/mol. The van der Waals surface area contributed by atoms with Gasteiger partial charge < -0.3 is 19.1 Å². The van der Waals surface area contributed by atoms with E-state index in [1.165, 1.54) is 5.56 Å². The Hall–Kier alpha value is -2.34. The zero-order valence-corrected chi connectivity index (χ0v) is 16.7. The highest BCUT2D eigenvalue weighted by Gasteiger charge is 2.30. The number of amides is 2. The molecule has 1 saturated heterocycles. The molecule has 2 aromatic rings. The molecule has 1 aliphatic rings. The van der Waals surface area contributed by atoms with E-state index in [2.05, 4.69) is 25.1 Å². The van der Waals surface area contributed by atoms with Crippen LogP contribution in [0.4, 0.5) is 0 Å². The van der Waals surface area contributed by atoms with Gasteiger partial charge in [-0.3, -0.25) is 9.59 Å². The van der Waals surface area contributed by atoms with Crippen LogP contribution in [0.15, 0.2) is 24.3 Å². The quantitative estimate of drug-likeness (QED) is 0.812. The molecule has 2 heterocycles. The molecule has 27 heavy (non-hydrogen) atoms. The summed E-state index contributed by atoms with van der Waals surface area (Å²) in [7, 11) is 3.60. The van der Waals surface area contributed by atoms with E-state index in [-0.39, 0.29) is 17.9 Å². The summed E-state index contributed by atoms with van der Waals surface area (Å²) in [6.45, 7) is 6.12. The second kappa shape index (κ2) is 8.13. The van der Waals surface area contributed by atoms with Crippen molar-refractivity contribution in [2.75, 3.05) is 33.4 Å². The molecule has 1 aliphatic heterocycles. The van der Waals surface area contributed by atoms with Crippen molar-refractivity contribution in [3.8, 4) is 0 Å². The highest BCUT2D eigenvalue weighted by molar-refractivity contribution is 5.99. The molecule has 6 heteroatoms. The third-order valence-electron chi connectivity index (χ3n) is 5.56. The number of carbonyl (C=O) groups is 2. The lowest BCUT2D eigenvalue weighted by Gasteiger charge is -2.38. The fourth-order valence-electron chi connectivity index (χ4n) is 3.95. The maximum Gasteiger partial charge on any atom is 0.270 e. The van der Waals surface area contributed by atoms with Gasteiger partial charge in [0.05, 0.1) is 6.61 Å². The molecule has 1 fully saturated rings. The Balaban J connectivity index is 1.86. The van der Waals surface area contributed by atoms with Crippen molar-refractivity contribution in [2.45, 2.75) is 32.7 Å². The highest BCUT2D eigenvalue weighted by Crippen LogP contribution is 2.24. The van der Waals surface area contributed by atoms with Crippen LogP contribution in [0, 0.1) is 6.92 Å². The molecule has 0 radical (unpaired) electrons. The Morgan fingerprint density at radius 2 is 1.93 bits per heavy atom. The summed E-state index contributed by atoms with van der Waals surface area (Å²) in [5, 5.41) is 1.08. The lowest BCUT2D eigenvalue weighted by atomic mass is 10.0. The summed E-state index contributed by atoms with van der Waals surface area (Å²) in [4.78, 5) is 28.8. The van der Waals surface area contributed by atoms with E-state index in [0.717, 1.165) is 23.7 Å². The third kappa shape index (κ3) is 4.00. The Labute approximate surface area is 160 Å². The largest absolute Gasteiger partial charge is 0.383 e. The second-order valence-electron chi connectivity index (χ2n) is 7.38. The molecule has 6 nitrogen and oxygen atoms in total. The molecule has 1 aromatic heterocycles. The molecule has 0 aliphatic carbocycles. The van der Waals surface area contributed by atoms with Crippen LogP contribution in [0.3, 0.4) is 0 Å². The number of ether oxygens (including phenoxy) is 1. The SMILES string of the molecule is COCCN(C(=O)c1cc2cc(C)ccc2n1C)C1CCN(C(C)=O)CC1. The van der Waals surface area contributed by atoms with Crippen molar-refractivity contribution in [1.82, 2.24) is 14.4 Å². The molecule has 0 bridgehead atoms. The number of aryl methyl sites for hydroxylation is 2. The van der Waals surface area contributed by atoms with Gasteiger partial charge in [-0.05, 0) is 38.0 Å². The van der Waals surface area contributed by atoms with E-state index in [1.54, 1.807) is 14.0 Å². The van der Waals surface area contributed by atoms with Gasteiger partial charge >= 0.3 is 0 Å². The number of fused-ring (bicyclic) bond motifs is 1. The molecule has 0 atom stereocenters. The van der Waals surface area contributed by atoms with E-state index in [4.69, 9.17) is 4.74 Å². The molecule has 0 saturated carbocycles. The average molecular weight is 371 g/mol. The molecule has 0 N–H and O–H groups in total. The maximum absolute atomic E-state index is 13.4. The number of benzene rings is 1. The van der Waals surface area contributed by atoms with E-state index < -0.39 is 0 Å². The van der Waals surface area contributed by atoms with Gasteiger partial charge in [0.2, 0.25) is 5.91 Å². The number of nitrogens with zero attached hydrogens (tertiary/aromatic N) is 3. The minimum absolute atomic E-state index is 0.0321. The predicted molar refractivity (Wildman–Crippen MR) is 106 cm³/mol. The maximum atomic E-state index is 13.4. The van der Waals surface area contributed by atoms with E-state index in [1.807, 2.05) is 27.5 Å². The van der Waals surface area contributed by atoms with Crippen LogP contribution in [-0.2, 0) is 16.6 Å². The first kappa shape index (κ1) is 19.4. The van der Waals surface area contributed by atoms with Crippen molar-refractivity contribution in [2.24, 2.45) is 7.05 Å². The van der Waals surface area contributed by atoms with Gasteiger partial charge in [0.15, 0.2) is 0 Å². The van der Waals surface area contributed by atoms with Crippen LogP contribution in [0.5, 0.6) is 0 Å². The molecule has 2 amide bonds. The van der Waals surface area contributed by atoms with E-state index in [0.29, 0.717) is 31.9 Å². The molecule has 0 unspecified atom stereocenters. The van der Waals surface area contributed by atoms with Crippen LogP contribution in [-0.4, -0.2) is 65.6 Å². The summed E-state index contributed by atoms with van der Waals surface area (Å²) < 4.78 is 7.22. The molecule has 1 aromatic carbocycles. The zero-order chi connectivity index (χ0) is 19.6. The normalized spacial score (nSPS) is 15.3. The molecular weight excluding hydrogens is 342 g/mol. The van der Waals surface area contributed by atoms with Gasteiger partial charge in [-0.15, -0.1) is 0 Å². The van der Waals surface area contributed by atoms with Gasteiger partial charge in [-0.2, -0.15) is 0 Å². The molecule has 146 valence electrons. The number of hydrogen-bond donors (Lipinski definition) is 0. The van der Waals surface area contributed by atoms with Crippen LogP contribution in [0.25, 0.3) is 10.9 Å². The second-order valence-corrected chi connectivity index (χ2v) is 7.38. The summed E-state index contributed by atoms with van der Waals surface area (Å²) >= 11 is 0. The number of likely N-dealkylation sites (tertiary alicyclic amines) is 1. The summed E-state index contributed by atoms with van der Waals surface area (Å²) in [6.07, 6.45) is 1.61. The summed E-state index contributed by atoms with van der Waals surface area (Å²) in [5.41, 5.74) is 2.93. The van der Waals surface area contributed by atoms with Gasteiger partial charge in [-0.1, -0.05) is 11.6 Å². The highest BCUT2D eigenvalue weighted by atomic mass is 16.5. The molecular formula is C21H29N3O3. The summed E-state index contributed by atoms with van der Waals surface area (Å²) in [6, 6.07) is 8.35. The number of rotatable bonds is 5. The van der Waals surface area contributed by atoms with Crippen LogP contribution < -0.4 is 0 Å². The van der Waals surface area contributed by atoms with Crippen molar-refractivity contribution >= 4 is 22.7 Å². The smallest absolute Gasteiger partial charge is 0.270 e. The fraction of sp³-hybridized carbons (Fsp3) is 0.524. The fourth-order valence-corrected chi connectivity index (χ4v) is 3.95. The minimum atomic E-state index is 0.0321. The van der Waals surface area contributed by atoms with Crippen LogP contribution in [0.2, 0.25) is 0 Å². The van der Waals surface area contributed by atoms with Crippen LogP contribution in [0.1, 0.15) is 35.8 Å². The predicted octanol–water partition coefficient (Wildman–Crippen LogP) is 2.59. The number of carbonyl (C=O) groups excluding carboxylic acids is 2. The summed E-state index contributed by atoms with van der Waals surface area (Å²) in [5.74, 6) is 0.136. The first-order valence-electron chi connectivity index (χ1n) is 9.54. The van der Waals surface area contributed by atoms with Crippen molar-refractivity contribution < 1.29 is 14.3 Å². The Morgan fingerprint density at radius 3 is 2.56 bits per heavy atom. The topological polar surface area (TPSA) is 54.8 Å². The Morgan fingerprint density at radius 1 is 1.22 bits per heavy atom. The first-order chi connectivity index (χ1) is 12.9. The van der Waals surface area contributed by atoms with Gasteiger partial charge in [-0.25, -0.2) is 0 Å². The Kier molecular flexibility index (Phi) is 5.85. The number of hydrogen-bond acceptors (Lipinski definition) is 3. The van der Waals surface area contributed by atoms with Gasteiger partial charge in [0, 0.05) is 57.7 Å².